The number of rotatable bonds is 15. The summed E-state index contributed by atoms with van der Waals surface area (Å²) in [6.45, 7) is 17.0. The second-order valence-corrected chi connectivity index (χ2v) is 8.32. The predicted octanol–water partition coefficient (Wildman–Crippen LogP) is -0.332. The number of quaternary nitrogens is 1. The summed E-state index contributed by atoms with van der Waals surface area (Å²) in [5.41, 5.74) is 0. The highest BCUT2D eigenvalue weighted by molar-refractivity contribution is 6.60. The average Bonchev–Trinajstić information content (AvgIpc) is 2.52. The highest BCUT2D eigenvalue weighted by Gasteiger charge is 2.43. The molecule has 0 spiro atoms. The molecule has 0 unspecified atom stereocenters. The highest BCUT2D eigenvalue weighted by atomic mass is 35.5. The van der Waals surface area contributed by atoms with E-state index in [-0.39, 0.29) is 19.0 Å². The predicted molar refractivity (Wildman–Crippen MR) is 92.8 cm³/mol. The van der Waals surface area contributed by atoms with Crippen LogP contribution in [-0.2, 0) is 13.3 Å². The Labute approximate surface area is 150 Å². The fourth-order valence-corrected chi connectivity index (χ4v) is 5.65. The van der Waals surface area contributed by atoms with Gasteiger partial charge in [0.25, 0.3) is 0 Å². The van der Waals surface area contributed by atoms with Crippen molar-refractivity contribution < 1.29 is 35.3 Å². The molecule has 0 radical (unpaired) electrons. The Morgan fingerprint density at radius 3 is 1.61 bits per heavy atom. The van der Waals surface area contributed by atoms with Crippen molar-refractivity contribution in [1.29, 1.82) is 0 Å². The molecule has 0 fully saturated rings. The van der Waals surface area contributed by atoms with Gasteiger partial charge in [-0.1, -0.05) is 0 Å². The van der Waals surface area contributed by atoms with Crippen LogP contribution >= 0.6 is 0 Å². The molecule has 0 amide bonds. The first-order valence-corrected chi connectivity index (χ1v) is 10.9. The van der Waals surface area contributed by atoms with E-state index in [4.69, 9.17) is 18.4 Å². The third kappa shape index (κ3) is 9.39. The fraction of sp³-hybridized carbons (Fsp3) is 1.00. The minimum atomic E-state index is -2.55. The molecule has 0 saturated heterocycles. The van der Waals surface area contributed by atoms with Crippen LogP contribution in [0.2, 0.25) is 6.04 Å². The molecule has 0 heterocycles. The summed E-state index contributed by atoms with van der Waals surface area (Å²) in [5.74, 6) is 0. The molecule has 0 aliphatic carbocycles. The number of unbranched alkanes of at least 4 members (excludes halogenated alkanes) is 1. The van der Waals surface area contributed by atoms with E-state index in [1.807, 2.05) is 20.8 Å². The van der Waals surface area contributed by atoms with Crippen LogP contribution < -0.4 is 12.4 Å². The van der Waals surface area contributed by atoms with E-state index in [1.165, 1.54) is 0 Å². The van der Waals surface area contributed by atoms with Crippen molar-refractivity contribution in [3.8, 4) is 0 Å². The standard InChI is InChI=1S/C16H38NO4Si.ClH/c1-6-17(7-2,13-11-12-15-18)14-16-22(19-8-3,20-9-4)21-10-5;/h18H,6-16H2,1-5H3;1H/q+1;/p-1. The zero-order valence-electron chi connectivity index (χ0n) is 15.8. The topological polar surface area (TPSA) is 47.9 Å². The maximum absolute atomic E-state index is 9.02. The average molecular weight is 372 g/mol. The zero-order chi connectivity index (χ0) is 16.9. The van der Waals surface area contributed by atoms with Gasteiger partial charge < -0.3 is 35.3 Å². The van der Waals surface area contributed by atoms with Crippen molar-refractivity contribution in [3.63, 3.8) is 0 Å². The van der Waals surface area contributed by atoms with E-state index in [1.54, 1.807) is 0 Å². The van der Waals surface area contributed by atoms with Crippen LogP contribution in [0.5, 0.6) is 0 Å². The summed E-state index contributed by atoms with van der Waals surface area (Å²) in [6.07, 6.45) is 1.94. The van der Waals surface area contributed by atoms with Crippen molar-refractivity contribution in [1.82, 2.24) is 0 Å². The summed E-state index contributed by atoms with van der Waals surface area (Å²) < 4.78 is 18.9. The summed E-state index contributed by atoms with van der Waals surface area (Å²) in [7, 11) is -2.55. The molecule has 0 aliphatic heterocycles. The Kier molecular flexibility index (Phi) is 16.3. The first kappa shape index (κ1) is 25.5. The van der Waals surface area contributed by atoms with Crippen molar-refractivity contribution >= 4 is 8.80 Å². The smallest absolute Gasteiger partial charge is 0.506 e. The van der Waals surface area contributed by atoms with E-state index in [0.717, 1.165) is 49.5 Å². The molecule has 0 aromatic heterocycles. The van der Waals surface area contributed by atoms with E-state index in [9.17, 15) is 0 Å². The number of nitrogens with zero attached hydrogens (tertiary/aromatic N) is 1. The molecule has 0 atom stereocenters. The minimum Gasteiger partial charge on any atom is -1.00 e. The van der Waals surface area contributed by atoms with Crippen molar-refractivity contribution in [2.75, 3.05) is 52.6 Å². The van der Waals surface area contributed by atoms with Crippen molar-refractivity contribution in [2.45, 2.75) is 53.5 Å². The SMILES string of the molecule is CCO[Si](CC[N+](CC)(CC)CCCCO)(OCC)OCC.[Cl-]. The molecule has 0 rings (SSSR count). The van der Waals surface area contributed by atoms with E-state index in [0.29, 0.717) is 19.8 Å². The van der Waals surface area contributed by atoms with E-state index < -0.39 is 8.80 Å². The highest BCUT2D eigenvalue weighted by Crippen LogP contribution is 2.20. The fourth-order valence-electron chi connectivity index (χ4n) is 2.90. The second-order valence-electron chi connectivity index (χ2n) is 5.58. The molecular weight excluding hydrogens is 334 g/mol. The van der Waals surface area contributed by atoms with E-state index in [2.05, 4.69) is 13.8 Å². The zero-order valence-corrected chi connectivity index (χ0v) is 17.5. The Bertz CT molecular complexity index is 251. The largest absolute Gasteiger partial charge is 1.00 e. The van der Waals surface area contributed by atoms with Crippen molar-refractivity contribution in [3.05, 3.63) is 0 Å². The number of aliphatic hydroxyl groups excluding tert-OH is 1. The lowest BCUT2D eigenvalue weighted by atomic mass is 10.2. The lowest BCUT2D eigenvalue weighted by molar-refractivity contribution is -0.923. The molecule has 7 heteroatoms. The first-order chi connectivity index (χ1) is 10.6. The molecule has 142 valence electrons. The van der Waals surface area contributed by atoms with Crippen LogP contribution in [0.25, 0.3) is 0 Å². The molecule has 0 bridgehead atoms. The van der Waals surface area contributed by atoms with Gasteiger partial charge in [-0.15, -0.1) is 0 Å². The van der Waals surface area contributed by atoms with Crippen molar-refractivity contribution in [2.24, 2.45) is 0 Å². The van der Waals surface area contributed by atoms with Crippen LogP contribution in [0.1, 0.15) is 47.5 Å². The third-order valence-corrected chi connectivity index (χ3v) is 7.39. The molecule has 0 aromatic carbocycles. The molecule has 1 N–H and O–H groups in total. The normalized spacial score (nSPS) is 12.3. The maximum atomic E-state index is 9.02. The summed E-state index contributed by atoms with van der Waals surface area (Å²) in [5, 5.41) is 9.02. The molecule has 0 aliphatic rings. The number of hydrogen-bond donors (Lipinski definition) is 1. The molecule has 0 aromatic rings. The van der Waals surface area contributed by atoms with Crippen LogP contribution in [0.15, 0.2) is 0 Å². The van der Waals surface area contributed by atoms with Gasteiger partial charge in [0.05, 0.1) is 32.2 Å². The molecule has 0 saturated carbocycles. The molecule has 23 heavy (non-hydrogen) atoms. The van der Waals surface area contributed by atoms with Gasteiger partial charge in [-0.3, -0.25) is 0 Å². The van der Waals surface area contributed by atoms with Gasteiger partial charge in [0.2, 0.25) is 0 Å². The van der Waals surface area contributed by atoms with Crippen LogP contribution in [-0.4, -0.2) is 71.0 Å². The minimum absolute atomic E-state index is 0. The monoisotopic (exact) mass is 371 g/mol. The maximum Gasteiger partial charge on any atom is 0.506 e. The summed E-state index contributed by atoms with van der Waals surface area (Å²) in [6, 6.07) is 0.864. The second kappa shape index (κ2) is 14.6. The van der Waals surface area contributed by atoms with Gasteiger partial charge >= 0.3 is 8.80 Å². The Hall–Kier alpha value is 0.307. The van der Waals surface area contributed by atoms with Gasteiger partial charge in [0, 0.05) is 26.4 Å². The van der Waals surface area contributed by atoms with Gasteiger partial charge in [0.1, 0.15) is 0 Å². The van der Waals surface area contributed by atoms with Gasteiger partial charge in [0.15, 0.2) is 0 Å². The Morgan fingerprint density at radius 1 is 0.783 bits per heavy atom. The quantitative estimate of drug-likeness (QED) is 0.243. The number of aliphatic hydroxyl groups is 1. The van der Waals surface area contributed by atoms with E-state index >= 15 is 0 Å². The Balaban J connectivity index is 0. The molecule has 5 nitrogen and oxygen atoms in total. The van der Waals surface area contributed by atoms with Gasteiger partial charge in [-0.05, 0) is 47.5 Å². The first-order valence-electron chi connectivity index (χ1n) is 8.95. The third-order valence-electron chi connectivity index (χ3n) is 4.37. The summed E-state index contributed by atoms with van der Waals surface area (Å²) in [4.78, 5) is 0. The molecular formula is C16H38ClNO4Si. The number of halogens is 1. The summed E-state index contributed by atoms with van der Waals surface area (Å²) >= 11 is 0. The van der Waals surface area contributed by atoms with Crippen LogP contribution in [0.4, 0.5) is 0 Å². The Morgan fingerprint density at radius 2 is 1.26 bits per heavy atom. The van der Waals surface area contributed by atoms with Crippen LogP contribution in [0.3, 0.4) is 0 Å². The lowest BCUT2D eigenvalue weighted by Gasteiger charge is -2.39. The number of hydrogen-bond acceptors (Lipinski definition) is 4. The van der Waals surface area contributed by atoms with Gasteiger partial charge in [-0.25, -0.2) is 0 Å². The van der Waals surface area contributed by atoms with Gasteiger partial charge in [-0.2, -0.15) is 0 Å². The van der Waals surface area contributed by atoms with Crippen LogP contribution in [0, 0.1) is 0 Å². The lowest BCUT2D eigenvalue weighted by Crippen LogP contribution is -3.00.